The number of carbonyl (C=O) groups excluding carboxylic acids is 4. The second-order valence-electron chi connectivity index (χ2n) is 10.9. The van der Waals surface area contributed by atoms with Crippen LogP contribution in [-0.4, -0.2) is 42.6 Å². The number of ether oxygens (including phenoxy) is 1. The van der Waals surface area contributed by atoms with Crippen LogP contribution in [0.1, 0.15) is 97.5 Å². The van der Waals surface area contributed by atoms with Gasteiger partial charge in [0.05, 0.1) is 12.6 Å². The van der Waals surface area contributed by atoms with Crippen molar-refractivity contribution in [2.24, 2.45) is 17.8 Å². The molecule has 3 rings (SSSR count). The van der Waals surface area contributed by atoms with Crippen LogP contribution in [-0.2, 0) is 25.6 Å². The van der Waals surface area contributed by atoms with E-state index in [4.69, 9.17) is 4.74 Å². The molecule has 0 aromatic heterocycles. The molecule has 0 spiro atoms. The van der Waals surface area contributed by atoms with Crippen molar-refractivity contribution >= 4 is 23.4 Å². The molecule has 3 unspecified atom stereocenters. The van der Waals surface area contributed by atoms with Gasteiger partial charge in [0, 0.05) is 37.6 Å². The second-order valence-corrected chi connectivity index (χ2v) is 10.9. The Morgan fingerprint density at radius 2 is 1.76 bits per heavy atom. The number of amides is 2. The monoisotopic (exact) mass is 528 g/mol. The Morgan fingerprint density at radius 1 is 1.03 bits per heavy atom. The van der Waals surface area contributed by atoms with Crippen molar-refractivity contribution in [2.45, 2.75) is 104 Å². The van der Waals surface area contributed by atoms with Gasteiger partial charge in [-0.3, -0.25) is 19.2 Å². The van der Waals surface area contributed by atoms with Gasteiger partial charge in [-0.15, -0.1) is 0 Å². The lowest BCUT2D eigenvalue weighted by molar-refractivity contribution is -0.136. The summed E-state index contributed by atoms with van der Waals surface area (Å²) in [5.74, 6) is -0.459. The van der Waals surface area contributed by atoms with Gasteiger partial charge in [-0.2, -0.15) is 0 Å². The average Bonchev–Trinajstić information content (AvgIpc) is 2.90. The van der Waals surface area contributed by atoms with Crippen molar-refractivity contribution < 1.29 is 23.9 Å². The molecule has 1 aromatic carbocycles. The van der Waals surface area contributed by atoms with Crippen molar-refractivity contribution in [1.82, 2.24) is 10.6 Å². The molecule has 3 atom stereocenters. The number of Topliss-reactive ketones (excluding diaryl/α,β-unsaturated/α-hetero) is 2. The Bertz CT molecular complexity index is 896. The van der Waals surface area contributed by atoms with E-state index in [0.29, 0.717) is 45.3 Å². The van der Waals surface area contributed by atoms with E-state index < -0.39 is 17.9 Å². The molecule has 0 radical (unpaired) electrons. The minimum absolute atomic E-state index is 0.0547. The van der Waals surface area contributed by atoms with Gasteiger partial charge in [0.2, 0.25) is 11.8 Å². The van der Waals surface area contributed by atoms with Gasteiger partial charge in [0.15, 0.2) is 5.78 Å². The average molecular weight is 529 g/mol. The zero-order valence-corrected chi connectivity index (χ0v) is 23.9. The van der Waals surface area contributed by atoms with E-state index in [2.05, 4.69) is 17.6 Å². The van der Waals surface area contributed by atoms with E-state index >= 15 is 0 Å². The topological polar surface area (TPSA) is 102 Å². The number of carbonyl (C=O) groups is 4. The van der Waals surface area contributed by atoms with Gasteiger partial charge in [-0.05, 0) is 55.7 Å². The third-order valence-corrected chi connectivity index (χ3v) is 7.26. The van der Waals surface area contributed by atoms with Crippen molar-refractivity contribution in [1.29, 1.82) is 0 Å². The van der Waals surface area contributed by atoms with Crippen molar-refractivity contribution in [3.63, 3.8) is 0 Å². The van der Waals surface area contributed by atoms with E-state index in [1.807, 2.05) is 45.0 Å². The summed E-state index contributed by atoms with van der Waals surface area (Å²) in [6.07, 6.45) is 6.92. The highest BCUT2D eigenvalue weighted by atomic mass is 16.5. The highest BCUT2D eigenvalue weighted by molar-refractivity contribution is 5.94. The highest BCUT2D eigenvalue weighted by Gasteiger charge is 2.35. The Hall–Kier alpha value is -2.70. The molecule has 7 heteroatoms. The van der Waals surface area contributed by atoms with E-state index in [1.54, 1.807) is 0 Å². The zero-order valence-electron chi connectivity index (χ0n) is 23.9. The predicted molar refractivity (Wildman–Crippen MR) is 150 cm³/mol. The molecule has 38 heavy (non-hydrogen) atoms. The molecule has 2 N–H and O–H groups in total. The summed E-state index contributed by atoms with van der Waals surface area (Å²) in [4.78, 5) is 52.3. The number of unbranched alkanes of at least 4 members (excludes halogenated alkanes) is 3. The first-order chi connectivity index (χ1) is 18.2. The Labute approximate surface area is 228 Å². The first-order valence-electron chi connectivity index (χ1n) is 14.6. The number of nitrogens with one attached hydrogen (secondary N) is 2. The molecule has 1 aromatic rings. The molecule has 212 valence electrons. The number of ketones is 2. The SMILES string of the molecule is CCCCCCNC(=O)CCC(=O)C1Cc2ccc(cc2)OCCCC(C(=O)CC)C(CC(C)C)C(=O)N1. The molecule has 0 saturated carbocycles. The standard InChI is InChI=1S/C31H48N2O5/c1-5-7-8-9-18-32-30(36)17-16-29(35)27-21-23-12-14-24(15-13-23)38-19-10-11-25(28(34)6-2)26(20-22(3)4)31(37)33-27/h12-15,22,25-27H,5-11,16-21H2,1-4H3,(H,32,36)(H,33,37). The molecule has 7 nitrogen and oxygen atoms in total. The fourth-order valence-electron chi connectivity index (χ4n) is 5.06. The zero-order chi connectivity index (χ0) is 27.9. The van der Waals surface area contributed by atoms with Gasteiger partial charge in [-0.1, -0.05) is 59.1 Å². The number of hydrogen-bond acceptors (Lipinski definition) is 5. The maximum atomic E-state index is 13.7. The van der Waals surface area contributed by atoms with Crippen LogP contribution in [0.3, 0.4) is 0 Å². The van der Waals surface area contributed by atoms with Crippen LogP contribution >= 0.6 is 0 Å². The van der Waals surface area contributed by atoms with E-state index in [0.717, 1.165) is 37.0 Å². The number of fused-ring (bicyclic) bond motifs is 11. The smallest absolute Gasteiger partial charge is 0.224 e. The molecule has 2 amide bonds. The third kappa shape index (κ3) is 11.0. The maximum absolute atomic E-state index is 13.7. The second kappa shape index (κ2) is 17.0. The highest BCUT2D eigenvalue weighted by Crippen LogP contribution is 2.28. The molecule has 0 fully saturated rings. The van der Waals surface area contributed by atoms with Gasteiger partial charge >= 0.3 is 0 Å². The third-order valence-electron chi connectivity index (χ3n) is 7.26. The van der Waals surface area contributed by atoms with E-state index in [-0.39, 0.29) is 42.1 Å². The van der Waals surface area contributed by atoms with E-state index in [1.165, 1.54) is 0 Å². The summed E-state index contributed by atoms with van der Waals surface area (Å²) >= 11 is 0. The fraction of sp³-hybridized carbons (Fsp3) is 0.677. The maximum Gasteiger partial charge on any atom is 0.224 e. The Morgan fingerprint density at radius 3 is 2.42 bits per heavy atom. The summed E-state index contributed by atoms with van der Waals surface area (Å²) < 4.78 is 5.88. The van der Waals surface area contributed by atoms with Crippen LogP contribution in [0.2, 0.25) is 0 Å². The van der Waals surface area contributed by atoms with Gasteiger partial charge in [0.1, 0.15) is 11.5 Å². The molecule has 2 aliphatic rings. The van der Waals surface area contributed by atoms with Crippen LogP contribution in [0.25, 0.3) is 0 Å². The van der Waals surface area contributed by atoms with Crippen molar-refractivity contribution in [2.75, 3.05) is 13.2 Å². The normalized spacial score (nSPS) is 20.3. The molecule has 0 saturated heterocycles. The van der Waals surface area contributed by atoms with Crippen LogP contribution in [0.15, 0.2) is 24.3 Å². The van der Waals surface area contributed by atoms with Crippen LogP contribution < -0.4 is 15.4 Å². The van der Waals surface area contributed by atoms with Crippen molar-refractivity contribution in [3.8, 4) is 5.75 Å². The van der Waals surface area contributed by atoms with Crippen LogP contribution in [0.4, 0.5) is 0 Å². The lowest BCUT2D eigenvalue weighted by Gasteiger charge is -2.29. The molecular weight excluding hydrogens is 480 g/mol. The number of benzene rings is 1. The quantitative estimate of drug-likeness (QED) is 0.343. The van der Waals surface area contributed by atoms with E-state index in [9.17, 15) is 19.2 Å². The molecule has 2 aliphatic heterocycles. The molecule has 2 heterocycles. The lowest BCUT2D eigenvalue weighted by atomic mass is 9.78. The van der Waals surface area contributed by atoms with Crippen LogP contribution in [0.5, 0.6) is 5.75 Å². The molecular formula is C31H48N2O5. The minimum atomic E-state index is -0.762. The summed E-state index contributed by atoms with van der Waals surface area (Å²) in [7, 11) is 0. The summed E-state index contributed by atoms with van der Waals surface area (Å²) in [5, 5.41) is 5.90. The van der Waals surface area contributed by atoms with Gasteiger partial charge in [-0.25, -0.2) is 0 Å². The predicted octanol–water partition coefficient (Wildman–Crippen LogP) is 5.19. The van der Waals surface area contributed by atoms with Gasteiger partial charge in [0.25, 0.3) is 0 Å². The molecule has 2 bridgehead atoms. The summed E-state index contributed by atoms with van der Waals surface area (Å²) in [6, 6.07) is 6.79. The Balaban J connectivity index is 2.20. The molecule has 0 aliphatic carbocycles. The minimum Gasteiger partial charge on any atom is -0.494 e. The largest absolute Gasteiger partial charge is 0.494 e. The lowest BCUT2D eigenvalue weighted by Crippen LogP contribution is -2.48. The summed E-state index contributed by atoms with van der Waals surface area (Å²) in [5.41, 5.74) is 0.898. The fourth-order valence-corrected chi connectivity index (χ4v) is 5.06. The Kier molecular flexibility index (Phi) is 14.1. The number of hydrogen-bond donors (Lipinski definition) is 2. The first-order valence-corrected chi connectivity index (χ1v) is 14.6. The van der Waals surface area contributed by atoms with Crippen LogP contribution in [0, 0.1) is 17.8 Å². The number of rotatable bonds is 13. The summed E-state index contributed by atoms with van der Waals surface area (Å²) in [6.45, 7) is 9.15. The van der Waals surface area contributed by atoms with Crippen molar-refractivity contribution in [3.05, 3.63) is 29.8 Å². The van der Waals surface area contributed by atoms with Gasteiger partial charge < -0.3 is 15.4 Å². The first kappa shape index (κ1) is 31.5.